The van der Waals surface area contributed by atoms with Crippen LogP contribution in [0.25, 0.3) is 0 Å². The summed E-state index contributed by atoms with van der Waals surface area (Å²) in [6, 6.07) is 3.78. The van der Waals surface area contributed by atoms with Crippen LogP contribution in [0.1, 0.15) is 15.2 Å². The van der Waals surface area contributed by atoms with Gasteiger partial charge in [-0.3, -0.25) is 4.79 Å². The molecule has 0 fully saturated rings. The van der Waals surface area contributed by atoms with Crippen molar-refractivity contribution in [3.8, 4) is 0 Å². The van der Waals surface area contributed by atoms with Crippen LogP contribution in [-0.2, 0) is 6.54 Å². The third-order valence-electron chi connectivity index (χ3n) is 1.84. The molecule has 0 unspecified atom stereocenters. The zero-order valence-corrected chi connectivity index (χ0v) is 10.3. The van der Waals surface area contributed by atoms with Gasteiger partial charge in [0.05, 0.1) is 4.88 Å². The molecule has 15 heavy (non-hydrogen) atoms. The molecule has 0 aliphatic heterocycles. The van der Waals surface area contributed by atoms with Crippen LogP contribution >= 0.6 is 35.3 Å². The zero-order valence-electron chi connectivity index (χ0n) is 7.77. The number of hydrogen-bond donors (Lipinski definition) is 2. The van der Waals surface area contributed by atoms with E-state index in [-0.39, 0.29) is 5.91 Å². The highest BCUT2D eigenvalue weighted by Crippen LogP contribution is 2.17. The van der Waals surface area contributed by atoms with Gasteiger partial charge in [0.1, 0.15) is 0 Å². The van der Waals surface area contributed by atoms with E-state index in [9.17, 15) is 4.79 Å². The summed E-state index contributed by atoms with van der Waals surface area (Å²) in [5, 5.41) is 8.73. The molecule has 0 saturated carbocycles. The van der Waals surface area contributed by atoms with E-state index in [0.717, 1.165) is 10.5 Å². The third-order valence-corrected chi connectivity index (χ3v) is 3.94. The highest BCUT2D eigenvalue weighted by atomic mass is 32.1. The number of hydrogen-bond acceptors (Lipinski definition) is 4. The van der Waals surface area contributed by atoms with Gasteiger partial charge in [-0.1, -0.05) is 0 Å². The Balaban J connectivity index is 1.93. The minimum atomic E-state index is -0.0356. The van der Waals surface area contributed by atoms with Crippen LogP contribution in [-0.4, -0.2) is 5.91 Å². The Labute approximate surface area is 101 Å². The maximum Gasteiger partial charge on any atom is 0.261 e. The summed E-state index contributed by atoms with van der Waals surface area (Å²) in [5.74, 6) is -0.0356. The van der Waals surface area contributed by atoms with Crippen molar-refractivity contribution < 1.29 is 4.79 Å². The largest absolute Gasteiger partial charge is 0.347 e. The average Bonchev–Trinajstić information content (AvgIpc) is 2.84. The van der Waals surface area contributed by atoms with Gasteiger partial charge >= 0.3 is 0 Å². The molecule has 0 aliphatic carbocycles. The number of carbonyl (C=O) groups is 1. The van der Waals surface area contributed by atoms with Crippen molar-refractivity contribution >= 4 is 41.2 Å². The van der Waals surface area contributed by atoms with Gasteiger partial charge in [-0.25, -0.2) is 0 Å². The van der Waals surface area contributed by atoms with Crippen molar-refractivity contribution in [2.75, 3.05) is 0 Å². The van der Waals surface area contributed by atoms with Crippen LogP contribution in [0.4, 0.5) is 0 Å². The Morgan fingerprint density at radius 1 is 1.47 bits per heavy atom. The quantitative estimate of drug-likeness (QED) is 0.811. The number of carbonyl (C=O) groups excluding carboxylic acids is 1. The van der Waals surface area contributed by atoms with E-state index in [1.165, 1.54) is 11.3 Å². The van der Waals surface area contributed by atoms with Crippen LogP contribution < -0.4 is 5.32 Å². The van der Waals surface area contributed by atoms with E-state index in [1.807, 2.05) is 22.2 Å². The van der Waals surface area contributed by atoms with Crippen molar-refractivity contribution in [1.82, 2.24) is 5.32 Å². The van der Waals surface area contributed by atoms with Crippen LogP contribution in [0.3, 0.4) is 0 Å². The summed E-state index contributed by atoms with van der Waals surface area (Å²) in [6.07, 6.45) is 0. The minimum absolute atomic E-state index is 0.0356. The fourth-order valence-corrected chi connectivity index (χ4v) is 2.84. The Morgan fingerprint density at radius 2 is 2.33 bits per heavy atom. The topological polar surface area (TPSA) is 29.1 Å². The van der Waals surface area contributed by atoms with E-state index < -0.39 is 0 Å². The van der Waals surface area contributed by atoms with Crippen molar-refractivity contribution in [1.29, 1.82) is 0 Å². The molecule has 5 heteroatoms. The van der Waals surface area contributed by atoms with E-state index in [1.54, 1.807) is 17.4 Å². The smallest absolute Gasteiger partial charge is 0.261 e. The van der Waals surface area contributed by atoms with Crippen LogP contribution in [0.15, 0.2) is 33.2 Å². The van der Waals surface area contributed by atoms with Crippen molar-refractivity contribution in [3.63, 3.8) is 0 Å². The van der Waals surface area contributed by atoms with E-state index in [2.05, 4.69) is 17.9 Å². The van der Waals surface area contributed by atoms with Crippen molar-refractivity contribution in [2.45, 2.75) is 11.4 Å². The molecular weight excluding hydrogens is 246 g/mol. The molecule has 78 valence electrons. The summed E-state index contributed by atoms with van der Waals surface area (Å²) in [6.45, 7) is 0.585. The molecule has 2 nitrogen and oxygen atoms in total. The number of nitrogens with one attached hydrogen (secondary N) is 1. The van der Waals surface area contributed by atoms with E-state index >= 15 is 0 Å². The van der Waals surface area contributed by atoms with Gasteiger partial charge in [-0.15, -0.1) is 24.0 Å². The SMILES string of the molecule is O=C(NCc1ccsc1)c1cc(S)cs1. The molecule has 0 aromatic carbocycles. The van der Waals surface area contributed by atoms with Crippen molar-refractivity contribution in [3.05, 3.63) is 38.7 Å². The second-order valence-corrected chi connectivity index (χ2v) is 5.19. The maximum atomic E-state index is 11.6. The normalized spacial score (nSPS) is 10.2. The Morgan fingerprint density at radius 3 is 2.93 bits per heavy atom. The van der Waals surface area contributed by atoms with Gasteiger partial charge in [0.2, 0.25) is 0 Å². The Kier molecular flexibility index (Phi) is 3.45. The first-order valence-corrected chi connectivity index (χ1v) is 6.59. The average molecular weight is 255 g/mol. The number of amides is 1. The second kappa shape index (κ2) is 4.83. The zero-order chi connectivity index (χ0) is 10.7. The Bertz CT molecular complexity index is 447. The minimum Gasteiger partial charge on any atom is -0.347 e. The second-order valence-electron chi connectivity index (χ2n) is 2.98. The molecule has 0 atom stereocenters. The van der Waals surface area contributed by atoms with Crippen LogP contribution in [0.5, 0.6) is 0 Å². The standard InChI is InChI=1S/C10H9NOS3/c12-10(9-3-8(13)6-15-9)11-4-7-1-2-14-5-7/h1-3,5-6,13H,4H2,(H,11,12). The summed E-state index contributed by atoms with van der Waals surface area (Å²) in [7, 11) is 0. The lowest BCUT2D eigenvalue weighted by Gasteiger charge is -2.00. The lowest BCUT2D eigenvalue weighted by molar-refractivity contribution is 0.0955. The number of rotatable bonds is 3. The lowest BCUT2D eigenvalue weighted by Crippen LogP contribution is -2.21. The Hall–Kier alpha value is -0.780. The predicted molar refractivity (Wildman–Crippen MR) is 67.1 cm³/mol. The summed E-state index contributed by atoms with van der Waals surface area (Å²) in [4.78, 5) is 13.2. The van der Waals surface area contributed by atoms with Crippen LogP contribution in [0, 0.1) is 0 Å². The van der Waals surface area contributed by atoms with Gasteiger partial charge < -0.3 is 5.32 Å². The molecule has 0 radical (unpaired) electrons. The molecule has 1 amide bonds. The van der Waals surface area contributed by atoms with Gasteiger partial charge in [0, 0.05) is 16.8 Å². The molecule has 0 spiro atoms. The summed E-state index contributed by atoms with van der Waals surface area (Å²) < 4.78 is 0. The number of thiol groups is 1. The predicted octanol–water partition coefficient (Wildman–Crippen LogP) is 3.03. The maximum absolute atomic E-state index is 11.6. The molecule has 2 heterocycles. The molecular formula is C10H9NOS3. The lowest BCUT2D eigenvalue weighted by atomic mass is 10.3. The fourth-order valence-electron chi connectivity index (χ4n) is 1.11. The highest BCUT2D eigenvalue weighted by Gasteiger charge is 2.07. The first-order valence-electron chi connectivity index (χ1n) is 4.32. The monoisotopic (exact) mass is 255 g/mol. The molecule has 2 rings (SSSR count). The third kappa shape index (κ3) is 2.84. The van der Waals surface area contributed by atoms with Gasteiger partial charge in [0.25, 0.3) is 5.91 Å². The number of thiophene rings is 2. The van der Waals surface area contributed by atoms with Gasteiger partial charge in [-0.2, -0.15) is 11.3 Å². The van der Waals surface area contributed by atoms with E-state index in [0.29, 0.717) is 11.4 Å². The van der Waals surface area contributed by atoms with E-state index in [4.69, 9.17) is 0 Å². The molecule has 2 aromatic heterocycles. The highest BCUT2D eigenvalue weighted by molar-refractivity contribution is 7.80. The molecule has 0 bridgehead atoms. The van der Waals surface area contributed by atoms with Crippen molar-refractivity contribution in [2.24, 2.45) is 0 Å². The molecule has 2 aromatic rings. The first-order chi connectivity index (χ1) is 7.25. The van der Waals surface area contributed by atoms with Gasteiger partial charge in [-0.05, 0) is 28.5 Å². The summed E-state index contributed by atoms with van der Waals surface area (Å²) in [5.41, 5.74) is 1.14. The summed E-state index contributed by atoms with van der Waals surface area (Å²) >= 11 is 7.20. The molecule has 0 aliphatic rings. The molecule has 1 N–H and O–H groups in total. The van der Waals surface area contributed by atoms with Crippen LogP contribution in [0.2, 0.25) is 0 Å². The fraction of sp³-hybridized carbons (Fsp3) is 0.100. The first kappa shape index (κ1) is 10.7. The van der Waals surface area contributed by atoms with Gasteiger partial charge in [0.15, 0.2) is 0 Å². The molecule has 0 saturated heterocycles.